The van der Waals surface area contributed by atoms with Crippen molar-refractivity contribution in [3.8, 4) is 5.75 Å². The van der Waals surface area contributed by atoms with Crippen LogP contribution in [0.2, 0.25) is 0 Å². The third kappa shape index (κ3) is 8.14. The predicted octanol–water partition coefficient (Wildman–Crippen LogP) is 2.39. The molecular weight excluding hydrogens is 312 g/mol. The number of ether oxygens (including phenoxy) is 1. The van der Waals surface area contributed by atoms with Crippen LogP contribution in [0, 0.1) is 0 Å². The molecule has 0 spiro atoms. The lowest BCUT2D eigenvalue weighted by Gasteiger charge is -2.12. The topological polar surface area (TPSA) is 58.6 Å². The summed E-state index contributed by atoms with van der Waals surface area (Å²) < 4.78 is 31.9. The molecule has 0 heterocycles. The first kappa shape index (κ1) is 18.1. The number of unbranched alkanes of at least 4 members (excludes halogenated alkanes) is 1. The summed E-state index contributed by atoms with van der Waals surface area (Å²) in [5.41, 5.74) is 0.517. The zero-order chi connectivity index (χ0) is 15.7. The summed E-state index contributed by atoms with van der Waals surface area (Å²) in [7, 11) is 0.604. The van der Waals surface area contributed by atoms with Crippen LogP contribution in [-0.2, 0) is 10.0 Å². The summed E-state index contributed by atoms with van der Waals surface area (Å²) in [4.78, 5) is 2.02. The van der Waals surface area contributed by atoms with Crippen LogP contribution < -0.4 is 9.46 Å². The molecule has 0 saturated carbocycles. The van der Waals surface area contributed by atoms with E-state index in [1.165, 1.54) is 0 Å². The molecule has 0 saturated heterocycles. The van der Waals surface area contributed by atoms with E-state index in [9.17, 15) is 8.42 Å². The summed E-state index contributed by atoms with van der Waals surface area (Å²) >= 11 is 5.55. The Bertz CT molecular complexity index is 521. The summed E-state index contributed by atoms with van der Waals surface area (Å²) in [6.45, 7) is 1.35. The lowest BCUT2D eigenvalue weighted by atomic mass is 10.3. The van der Waals surface area contributed by atoms with E-state index in [1.807, 2.05) is 19.0 Å². The van der Waals surface area contributed by atoms with E-state index in [4.69, 9.17) is 16.3 Å². The SMILES string of the molecule is CN(C)CCOc1cccc(NS(=O)(=O)CCCCCl)c1. The number of benzene rings is 1. The van der Waals surface area contributed by atoms with Crippen molar-refractivity contribution in [2.24, 2.45) is 0 Å². The van der Waals surface area contributed by atoms with Crippen molar-refractivity contribution in [3.63, 3.8) is 0 Å². The van der Waals surface area contributed by atoms with Gasteiger partial charge in [-0.1, -0.05) is 6.07 Å². The molecule has 1 rings (SSSR count). The molecule has 0 aliphatic heterocycles. The number of rotatable bonds is 10. The Balaban J connectivity index is 2.55. The Hall–Kier alpha value is -0.980. The van der Waals surface area contributed by atoms with E-state index < -0.39 is 10.0 Å². The van der Waals surface area contributed by atoms with Gasteiger partial charge in [-0.15, -0.1) is 11.6 Å². The first-order chi connectivity index (χ1) is 9.93. The minimum Gasteiger partial charge on any atom is -0.492 e. The monoisotopic (exact) mass is 334 g/mol. The zero-order valence-corrected chi connectivity index (χ0v) is 14.1. The van der Waals surface area contributed by atoms with Gasteiger partial charge in [-0.2, -0.15) is 0 Å². The molecule has 0 aromatic heterocycles. The highest BCUT2D eigenvalue weighted by Gasteiger charge is 2.10. The Labute approximate surface area is 132 Å². The van der Waals surface area contributed by atoms with Crippen molar-refractivity contribution in [1.29, 1.82) is 0 Å². The molecule has 0 aliphatic rings. The fourth-order valence-corrected chi connectivity index (χ4v) is 2.97. The van der Waals surface area contributed by atoms with Crippen molar-refractivity contribution >= 4 is 27.3 Å². The summed E-state index contributed by atoms with van der Waals surface area (Å²) in [6, 6.07) is 6.97. The lowest BCUT2D eigenvalue weighted by molar-refractivity contribution is 0.261. The molecule has 0 amide bonds. The van der Waals surface area contributed by atoms with E-state index in [-0.39, 0.29) is 5.75 Å². The van der Waals surface area contributed by atoms with Gasteiger partial charge >= 0.3 is 0 Å². The molecule has 7 heteroatoms. The van der Waals surface area contributed by atoms with Gasteiger partial charge in [0.2, 0.25) is 10.0 Å². The molecule has 5 nitrogen and oxygen atoms in total. The van der Waals surface area contributed by atoms with Crippen LogP contribution in [0.5, 0.6) is 5.75 Å². The second-order valence-corrected chi connectivity index (χ2v) is 7.22. The molecule has 1 aromatic rings. The van der Waals surface area contributed by atoms with Gasteiger partial charge in [0.1, 0.15) is 12.4 Å². The maximum absolute atomic E-state index is 11.9. The summed E-state index contributed by atoms with van der Waals surface area (Å²) in [6.07, 6.45) is 1.24. The molecule has 120 valence electrons. The third-order valence-electron chi connectivity index (χ3n) is 2.71. The molecule has 0 atom stereocenters. The molecule has 0 radical (unpaired) electrons. The number of hydrogen-bond donors (Lipinski definition) is 1. The molecule has 0 fully saturated rings. The number of hydrogen-bond acceptors (Lipinski definition) is 4. The van der Waals surface area contributed by atoms with Gasteiger partial charge < -0.3 is 9.64 Å². The molecule has 1 N–H and O–H groups in total. The fraction of sp³-hybridized carbons (Fsp3) is 0.571. The van der Waals surface area contributed by atoms with Crippen LogP contribution in [-0.4, -0.2) is 52.2 Å². The maximum atomic E-state index is 11.9. The largest absolute Gasteiger partial charge is 0.492 e. The normalized spacial score (nSPS) is 11.6. The van der Waals surface area contributed by atoms with Gasteiger partial charge in [0.15, 0.2) is 0 Å². The summed E-state index contributed by atoms with van der Waals surface area (Å²) in [5, 5.41) is 0. The van der Waals surface area contributed by atoms with Gasteiger partial charge in [0.05, 0.1) is 11.4 Å². The van der Waals surface area contributed by atoms with Crippen molar-refractivity contribution in [1.82, 2.24) is 4.90 Å². The van der Waals surface area contributed by atoms with E-state index in [2.05, 4.69) is 4.72 Å². The number of nitrogens with zero attached hydrogens (tertiary/aromatic N) is 1. The van der Waals surface area contributed by atoms with Gasteiger partial charge in [-0.25, -0.2) is 8.42 Å². The molecular formula is C14H23ClN2O3S. The number of alkyl halides is 1. The van der Waals surface area contributed by atoms with E-state index in [0.717, 1.165) is 6.54 Å². The van der Waals surface area contributed by atoms with E-state index in [1.54, 1.807) is 24.3 Å². The minimum absolute atomic E-state index is 0.0748. The zero-order valence-electron chi connectivity index (χ0n) is 12.5. The average molecular weight is 335 g/mol. The predicted molar refractivity (Wildman–Crippen MR) is 87.9 cm³/mol. The van der Waals surface area contributed by atoms with Gasteiger partial charge in [0, 0.05) is 18.5 Å². The number of likely N-dealkylation sites (N-methyl/N-ethyl adjacent to an activating group) is 1. The lowest BCUT2D eigenvalue weighted by Crippen LogP contribution is -2.19. The highest BCUT2D eigenvalue weighted by Crippen LogP contribution is 2.18. The number of nitrogens with one attached hydrogen (secondary N) is 1. The van der Waals surface area contributed by atoms with Gasteiger partial charge in [0.25, 0.3) is 0 Å². The Morgan fingerprint density at radius 1 is 1.29 bits per heavy atom. The summed E-state index contributed by atoms with van der Waals surface area (Å²) in [5.74, 6) is 1.20. The number of anilines is 1. The molecule has 0 bridgehead atoms. The van der Waals surface area contributed by atoms with Crippen molar-refractivity contribution in [2.75, 3.05) is 43.6 Å². The van der Waals surface area contributed by atoms with Gasteiger partial charge in [-0.3, -0.25) is 4.72 Å². The second-order valence-electron chi connectivity index (χ2n) is 5.00. The average Bonchev–Trinajstić information content (AvgIpc) is 2.38. The van der Waals surface area contributed by atoms with Crippen LogP contribution in [0.15, 0.2) is 24.3 Å². The third-order valence-corrected chi connectivity index (χ3v) is 4.35. The quantitative estimate of drug-likeness (QED) is 0.527. The van der Waals surface area contributed by atoms with Crippen LogP contribution in [0.25, 0.3) is 0 Å². The first-order valence-corrected chi connectivity index (χ1v) is 9.06. The van der Waals surface area contributed by atoms with Gasteiger partial charge in [-0.05, 0) is 39.1 Å². The Morgan fingerprint density at radius 2 is 2.05 bits per heavy atom. The highest BCUT2D eigenvalue weighted by atomic mass is 35.5. The van der Waals surface area contributed by atoms with Crippen LogP contribution in [0.1, 0.15) is 12.8 Å². The Morgan fingerprint density at radius 3 is 2.71 bits per heavy atom. The smallest absolute Gasteiger partial charge is 0.232 e. The highest BCUT2D eigenvalue weighted by molar-refractivity contribution is 7.92. The van der Waals surface area contributed by atoms with Crippen molar-refractivity contribution in [3.05, 3.63) is 24.3 Å². The van der Waals surface area contributed by atoms with Crippen LogP contribution in [0.4, 0.5) is 5.69 Å². The van der Waals surface area contributed by atoms with E-state index >= 15 is 0 Å². The fourth-order valence-electron chi connectivity index (χ4n) is 1.61. The number of halogens is 1. The molecule has 21 heavy (non-hydrogen) atoms. The van der Waals surface area contributed by atoms with Crippen LogP contribution >= 0.6 is 11.6 Å². The second kappa shape index (κ2) is 9.12. The van der Waals surface area contributed by atoms with Crippen LogP contribution in [0.3, 0.4) is 0 Å². The number of sulfonamides is 1. The van der Waals surface area contributed by atoms with Crippen molar-refractivity contribution < 1.29 is 13.2 Å². The van der Waals surface area contributed by atoms with E-state index in [0.29, 0.717) is 36.8 Å². The molecule has 1 aromatic carbocycles. The molecule has 0 aliphatic carbocycles. The molecule has 0 unspecified atom stereocenters. The minimum atomic E-state index is -3.33. The standard InChI is InChI=1S/C14H23ClN2O3S/c1-17(2)9-10-20-14-7-5-6-13(12-14)16-21(18,19)11-4-3-8-15/h5-7,12,16H,3-4,8-11H2,1-2H3. The Kier molecular flexibility index (Phi) is 7.85. The van der Waals surface area contributed by atoms with Crippen molar-refractivity contribution in [2.45, 2.75) is 12.8 Å². The maximum Gasteiger partial charge on any atom is 0.232 e. The first-order valence-electron chi connectivity index (χ1n) is 6.87.